The molecule has 0 bridgehead atoms. The minimum atomic E-state index is -0.243. The van der Waals surface area contributed by atoms with Crippen molar-refractivity contribution >= 4 is 27.5 Å². The van der Waals surface area contributed by atoms with Gasteiger partial charge in [-0.2, -0.15) is 0 Å². The highest BCUT2D eigenvalue weighted by Crippen LogP contribution is 2.28. The van der Waals surface area contributed by atoms with Gasteiger partial charge in [0.25, 0.3) is 0 Å². The quantitative estimate of drug-likeness (QED) is 0.738. The van der Waals surface area contributed by atoms with Crippen molar-refractivity contribution in [1.29, 1.82) is 0 Å². The summed E-state index contributed by atoms with van der Waals surface area (Å²) in [4.78, 5) is 0. The van der Waals surface area contributed by atoms with E-state index in [0.717, 1.165) is 34.7 Å². The SMILES string of the molecule is CCNC(Cc1ccc(F)c(Br)c1)c1ccc(C)cc1Cl. The molecule has 0 aliphatic carbocycles. The molecule has 1 unspecified atom stereocenters. The molecule has 1 N–H and O–H groups in total. The number of nitrogens with one attached hydrogen (secondary N) is 1. The summed E-state index contributed by atoms with van der Waals surface area (Å²) < 4.78 is 13.8. The highest BCUT2D eigenvalue weighted by Gasteiger charge is 2.15. The lowest BCUT2D eigenvalue weighted by atomic mass is 9.98. The Morgan fingerprint density at radius 1 is 1.24 bits per heavy atom. The first-order valence-corrected chi connectivity index (χ1v) is 8.11. The van der Waals surface area contributed by atoms with E-state index in [4.69, 9.17) is 11.6 Å². The minimum Gasteiger partial charge on any atom is -0.310 e. The molecule has 0 spiro atoms. The van der Waals surface area contributed by atoms with Gasteiger partial charge in [-0.25, -0.2) is 4.39 Å². The minimum absolute atomic E-state index is 0.112. The van der Waals surface area contributed by atoms with Crippen LogP contribution in [0, 0.1) is 12.7 Å². The van der Waals surface area contributed by atoms with E-state index in [1.807, 2.05) is 25.1 Å². The van der Waals surface area contributed by atoms with E-state index in [2.05, 4.69) is 40.3 Å². The molecule has 1 atom stereocenters. The van der Waals surface area contributed by atoms with Gasteiger partial charge in [0.15, 0.2) is 0 Å². The molecule has 0 heterocycles. The standard InChI is InChI=1S/C17H18BrClFN/c1-3-21-17(13-6-4-11(2)8-15(13)19)10-12-5-7-16(20)14(18)9-12/h4-9,17,21H,3,10H2,1-2H3. The molecule has 4 heteroatoms. The third-order valence-electron chi connectivity index (χ3n) is 3.41. The molecule has 0 saturated carbocycles. The van der Waals surface area contributed by atoms with Gasteiger partial charge in [0.2, 0.25) is 0 Å². The van der Waals surface area contributed by atoms with Gasteiger partial charge in [0.1, 0.15) is 5.82 Å². The lowest BCUT2D eigenvalue weighted by Gasteiger charge is -2.20. The van der Waals surface area contributed by atoms with Crippen LogP contribution in [-0.4, -0.2) is 6.54 Å². The number of rotatable bonds is 5. The van der Waals surface area contributed by atoms with E-state index in [0.29, 0.717) is 4.47 Å². The van der Waals surface area contributed by atoms with Crippen LogP contribution in [0.1, 0.15) is 29.7 Å². The summed E-state index contributed by atoms with van der Waals surface area (Å²) in [6.07, 6.45) is 0.759. The number of hydrogen-bond acceptors (Lipinski definition) is 1. The van der Waals surface area contributed by atoms with Crippen LogP contribution in [0.2, 0.25) is 5.02 Å². The fourth-order valence-corrected chi connectivity index (χ4v) is 3.15. The third kappa shape index (κ3) is 4.29. The average molecular weight is 371 g/mol. The van der Waals surface area contributed by atoms with Crippen molar-refractivity contribution in [3.63, 3.8) is 0 Å². The molecule has 0 aromatic heterocycles. The molecular formula is C17H18BrClFN. The summed E-state index contributed by atoms with van der Waals surface area (Å²) in [5.41, 5.74) is 3.28. The smallest absolute Gasteiger partial charge is 0.137 e. The van der Waals surface area contributed by atoms with Gasteiger partial charge in [-0.1, -0.05) is 36.7 Å². The maximum absolute atomic E-state index is 13.3. The largest absolute Gasteiger partial charge is 0.310 e. The van der Waals surface area contributed by atoms with E-state index in [1.165, 1.54) is 6.07 Å². The average Bonchev–Trinajstić information content (AvgIpc) is 2.42. The van der Waals surface area contributed by atoms with Crippen molar-refractivity contribution < 1.29 is 4.39 Å². The zero-order chi connectivity index (χ0) is 15.4. The Morgan fingerprint density at radius 2 is 2.00 bits per heavy atom. The topological polar surface area (TPSA) is 12.0 Å². The summed E-state index contributed by atoms with van der Waals surface area (Å²) in [5.74, 6) is -0.243. The summed E-state index contributed by atoms with van der Waals surface area (Å²) in [7, 11) is 0. The molecule has 1 nitrogen and oxygen atoms in total. The second-order valence-corrected chi connectivity index (χ2v) is 6.35. The Morgan fingerprint density at radius 3 is 2.62 bits per heavy atom. The van der Waals surface area contributed by atoms with Crippen LogP contribution < -0.4 is 5.32 Å². The normalized spacial score (nSPS) is 12.4. The predicted octanol–water partition coefficient (Wildman–Crippen LogP) is 5.44. The first-order valence-electron chi connectivity index (χ1n) is 6.94. The molecule has 2 aromatic carbocycles. The van der Waals surface area contributed by atoms with Crippen LogP contribution in [0.3, 0.4) is 0 Å². The summed E-state index contributed by atoms with van der Waals surface area (Å²) in [6, 6.07) is 11.3. The van der Waals surface area contributed by atoms with Gasteiger partial charge in [-0.3, -0.25) is 0 Å². The van der Waals surface area contributed by atoms with Gasteiger partial charge < -0.3 is 5.32 Å². The Hall–Kier alpha value is -0.900. The summed E-state index contributed by atoms with van der Waals surface area (Å²) in [5, 5.41) is 4.21. The van der Waals surface area contributed by atoms with Crippen LogP contribution in [0.5, 0.6) is 0 Å². The van der Waals surface area contributed by atoms with E-state index < -0.39 is 0 Å². The monoisotopic (exact) mass is 369 g/mol. The maximum atomic E-state index is 13.3. The Labute approximate surface area is 138 Å². The maximum Gasteiger partial charge on any atom is 0.137 e. The van der Waals surface area contributed by atoms with E-state index in [9.17, 15) is 4.39 Å². The van der Waals surface area contributed by atoms with Crippen molar-refractivity contribution in [2.45, 2.75) is 26.3 Å². The fourth-order valence-electron chi connectivity index (χ4n) is 2.36. The molecule has 2 aromatic rings. The number of halogens is 3. The zero-order valence-electron chi connectivity index (χ0n) is 12.1. The van der Waals surface area contributed by atoms with Crippen LogP contribution in [0.15, 0.2) is 40.9 Å². The molecule has 0 aliphatic rings. The lowest BCUT2D eigenvalue weighted by molar-refractivity contribution is 0.548. The third-order valence-corrected chi connectivity index (χ3v) is 4.34. The summed E-state index contributed by atoms with van der Waals surface area (Å²) >= 11 is 9.61. The second-order valence-electron chi connectivity index (χ2n) is 5.09. The molecule has 0 fully saturated rings. The first kappa shape index (κ1) is 16.5. The molecule has 112 valence electrons. The van der Waals surface area contributed by atoms with Gasteiger partial charge >= 0.3 is 0 Å². The van der Waals surface area contributed by atoms with Gasteiger partial charge in [-0.15, -0.1) is 0 Å². The van der Waals surface area contributed by atoms with Crippen LogP contribution in [0.25, 0.3) is 0 Å². The van der Waals surface area contributed by atoms with Crippen LogP contribution in [-0.2, 0) is 6.42 Å². The van der Waals surface area contributed by atoms with Crippen molar-refractivity contribution in [1.82, 2.24) is 5.32 Å². The first-order chi connectivity index (χ1) is 10.0. The molecule has 0 aliphatic heterocycles. The number of likely N-dealkylation sites (N-methyl/N-ethyl adjacent to an activating group) is 1. The van der Waals surface area contributed by atoms with Gasteiger partial charge in [-0.05, 0) is 70.7 Å². The molecule has 21 heavy (non-hydrogen) atoms. The zero-order valence-corrected chi connectivity index (χ0v) is 14.4. The highest BCUT2D eigenvalue weighted by atomic mass is 79.9. The van der Waals surface area contributed by atoms with Gasteiger partial charge in [0.05, 0.1) is 4.47 Å². The van der Waals surface area contributed by atoms with Crippen molar-refractivity contribution in [2.75, 3.05) is 6.54 Å². The molecule has 2 rings (SSSR count). The number of aryl methyl sites for hydroxylation is 1. The second kappa shape index (κ2) is 7.39. The predicted molar refractivity (Wildman–Crippen MR) is 90.4 cm³/mol. The Balaban J connectivity index is 2.28. The van der Waals surface area contributed by atoms with Gasteiger partial charge in [0, 0.05) is 11.1 Å². The van der Waals surface area contributed by atoms with E-state index >= 15 is 0 Å². The van der Waals surface area contributed by atoms with Crippen LogP contribution in [0.4, 0.5) is 4.39 Å². The van der Waals surface area contributed by atoms with Crippen LogP contribution >= 0.6 is 27.5 Å². The van der Waals surface area contributed by atoms with Crippen molar-refractivity contribution in [2.24, 2.45) is 0 Å². The van der Waals surface area contributed by atoms with Crippen molar-refractivity contribution in [3.05, 3.63) is 68.4 Å². The Kier molecular flexibility index (Phi) is 5.80. The summed E-state index contributed by atoms with van der Waals surface area (Å²) in [6.45, 7) is 4.93. The molecular weight excluding hydrogens is 353 g/mol. The molecule has 0 saturated heterocycles. The highest BCUT2D eigenvalue weighted by molar-refractivity contribution is 9.10. The van der Waals surface area contributed by atoms with Crippen molar-refractivity contribution in [3.8, 4) is 0 Å². The fraction of sp³-hybridized carbons (Fsp3) is 0.294. The number of hydrogen-bond donors (Lipinski definition) is 1. The molecule has 0 radical (unpaired) electrons. The van der Waals surface area contributed by atoms with E-state index in [-0.39, 0.29) is 11.9 Å². The number of benzene rings is 2. The Bertz CT molecular complexity index is 630. The van der Waals surface area contributed by atoms with E-state index in [1.54, 1.807) is 0 Å². The molecule has 0 amide bonds. The lowest BCUT2D eigenvalue weighted by Crippen LogP contribution is -2.23.